The number of unbranched alkanes of at least 4 members (excludes halogenated alkanes) is 2. The van der Waals surface area contributed by atoms with E-state index in [-0.39, 0.29) is 12.7 Å². The fourth-order valence-electron chi connectivity index (χ4n) is 4.18. The van der Waals surface area contributed by atoms with Crippen molar-refractivity contribution in [2.75, 3.05) is 13.2 Å². The van der Waals surface area contributed by atoms with E-state index in [0.29, 0.717) is 38.4 Å². The van der Waals surface area contributed by atoms with Gasteiger partial charge in [-0.3, -0.25) is 0 Å². The monoisotopic (exact) mass is 504 g/mol. The van der Waals surface area contributed by atoms with Crippen molar-refractivity contribution in [3.63, 3.8) is 0 Å². The van der Waals surface area contributed by atoms with Crippen LogP contribution >= 0.6 is 0 Å². The highest BCUT2D eigenvalue weighted by Crippen LogP contribution is 2.40. The van der Waals surface area contributed by atoms with Gasteiger partial charge in [-0.15, -0.1) is 0 Å². The second kappa shape index (κ2) is 12.1. The molecule has 1 aliphatic carbocycles. The van der Waals surface area contributed by atoms with Crippen molar-refractivity contribution in [3.8, 4) is 16.9 Å². The summed E-state index contributed by atoms with van der Waals surface area (Å²) in [5, 5.41) is 0. The number of alkyl halides is 2. The van der Waals surface area contributed by atoms with Crippen molar-refractivity contribution in [1.82, 2.24) is 0 Å². The Balaban J connectivity index is 1.71. The molecule has 0 unspecified atom stereocenters. The molecule has 2 aromatic rings. The van der Waals surface area contributed by atoms with Gasteiger partial charge >= 0.3 is 6.11 Å². The van der Waals surface area contributed by atoms with Crippen LogP contribution in [0.1, 0.15) is 64.4 Å². The highest BCUT2D eigenvalue weighted by Gasteiger charge is 2.41. The largest absolute Gasteiger partial charge is 0.491 e. The lowest BCUT2D eigenvalue weighted by molar-refractivity contribution is -0.280. The quantitative estimate of drug-likeness (QED) is 0.230. The van der Waals surface area contributed by atoms with Gasteiger partial charge in [0.2, 0.25) is 5.82 Å². The predicted octanol–water partition coefficient (Wildman–Crippen LogP) is 7.89. The molecule has 0 saturated heterocycles. The van der Waals surface area contributed by atoms with Gasteiger partial charge in [0.05, 0.1) is 24.4 Å². The Labute approximate surface area is 201 Å². The predicted molar refractivity (Wildman–Crippen MR) is 119 cm³/mol. The van der Waals surface area contributed by atoms with E-state index >= 15 is 0 Å². The van der Waals surface area contributed by atoms with Crippen molar-refractivity contribution < 1.29 is 40.6 Å². The van der Waals surface area contributed by atoms with Crippen LogP contribution in [0.2, 0.25) is 0 Å². The van der Waals surface area contributed by atoms with Crippen LogP contribution in [0.5, 0.6) is 5.75 Å². The molecular formula is C26H30F6O3. The van der Waals surface area contributed by atoms with Crippen LogP contribution in [0.3, 0.4) is 0 Å². The molecule has 0 aromatic heterocycles. The van der Waals surface area contributed by atoms with Crippen molar-refractivity contribution in [2.45, 2.75) is 77.1 Å². The molecule has 0 atom stereocenters. The Morgan fingerprint density at radius 1 is 0.771 bits per heavy atom. The van der Waals surface area contributed by atoms with E-state index < -0.39 is 57.9 Å². The molecule has 0 amide bonds. The summed E-state index contributed by atoms with van der Waals surface area (Å²) in [6.07, 6.45) is -0.242. The molecule has 0 heterocycles. The van der Waals surface area contributed by atoms with Gasteiger partial charge in [0, 0.05) is 17.7 Å². The van der Waals surface area contributed by atoms with E-state index in [1.165, 1.54) is 0 Å². The molecular weight excluding hydrogens is 474 g/mol. The van der Waals surface area contributed by atoms with Gasteiger partial charge in [-0.05, 0) is 57.2 Å². The first-order chi connectivity index (χ1) is 16.7. The van der Waals surface area contributed by atoms with E-state index in [1.54, 1.807) is 6.92 Å². The number of hydrogen-bond donors (Lipinski definition) is 0. The summed E-state index contributed by atoms with van der Waals surface area (Å²) in [7, 11) is 0. The molecule has 1 fully saturated rings. The summed E-state index contributed by atoms with van der Waals surface area (Å²) in [6, 6.07) is 3.47. The fourth-order valence-corrected chi connectivity index (χ4v) is 4.18. The summed E-state index contributed by atoms with van der Waals surface area (Å²) in [5.74, 6) is -6.86. The van der Waals surface area contributed by atoms with Crippen LogP contribution in [0.15, 0.2) is 24.3 Å². The maximum absolute atomic E-state index is 14.8. The normalized spacial score (nSPS) is 18.6. The Hall–Kier alpha value is -2.26. The fraction of sp³-hybridized carbons (Fsp3) is 0.538. The van der Waals surface area contributed by atoms with Crippen LogP contribution in [-0.2, 0) is 15.6 Å². The highest BCUT2D eigenvalue weighted by molar-refractivity contribution is 5.66. The van der Waals surface area contributed by atoms with Crippen LogP contribution in [0.4, 0.5) is 26.3 Å². The molecule has 0 aliphatic heterocycles. The number of hydrogen-bond acceptors (Lipinski definition) is 3. The molecule has 194 valence electrons. The molecule has 3 rings (SSSR count). The first-order valence-electron chi connectivity index (χ1n) is 12.0. The average Bonchev–Trinajstić information content (AvgIpc) is 2.83. The van der Waals surface area contributed by atoms with E-state index in [0.717, 1.165) is 37.5 Å². The second-order valence-corrected chi connectivity index (χ2v) is 8.57. The minimum absolute atomic E-state index is 0.0294. The number of ether oxygens (including phenoxy) is 3. The summed E-state index contributed by atoms with van der Waals surface area (Å²) < 4.78 is 103. The Bertz CT molecular complexity index is 990. The minimum atomic E-state index is -4.11. The number of benzene rings is 2. The summed E-state index contributed by atoms with van der Waals surface area (Å²) in [6.45, 7) is 4.34. The van der Waals surface area contributed by atoms with E-state index in [9.17, 15) is 26.3 Å². The van der Waals surface area contributed by atoms with Gasteiger partial charge in [-0.1, -0.05) is 25.8 Å². The summed E-state index contributed by atoms with van der Waals surface area (Å²) in [4.78, 5) is 0. The summed E-state index contributed by atoms with van der Waals surface area (Å²) >= 11 is 0. The third-order valence-corrected chi connectivity index (χ3v) is 6.07. The average molecular weight is 505 g/mol. The van der Waals surface area contributed by atoms with Crippen molar-refractivity contribution in [1.29, 1.82) is 0 Å². The molecule has 9 heteroatoms. The smallest absolute Gasteiger partial charge is 0.386 e. The molecule has 35 heavy (non-hydrogen) atoms. The Morgan fingerprint density at radius 2 is 1.37 bits per heavy atom. The molecule has 3 nitrogen and oxygen atoms in total. The lowest BCUT2D eigenvalue weighted by Gasteiger charge is -2.31. The molecule has 2 aromatic carbocycles. The van der Waals surface area contributed by atoms with Crippen LogP contribution in [0, 0.1) is 23.3 Å². The Morgan fingerprint density at radius 3 is 2.00 bits per heavy atom. The molecule has 1 saturated carbocycles. The SMILES string of the molecule is CCCCCOC1CCC(OC(F)(F)c2ccc(-c3ccc(OCC)c(F)c3F)c(F)c2F)CC1. The molecule has 0 radical (unpaired) electrons. The maximum atomic E-state index is 14.8. The van der Waals surface area contributed by atoms with Gasteiger partial charge in [0.1, 0.15) is 0 Å². The molecule has 0 bridgehead atoms. The topological polar surface area (TPSA) is 27.7 Å². The van der Waals surface area contributed by atoms with Crippen LogP contribution in [0.25, 0.3) is 11.1 Å². The molecule has 0 N–H and O–H groups in total. The third-order valence-electron chi connectivity index (χ3n) is 6.07. The summed E-state index contributed by atoms with van der Waals surface area (Å²) in [5.41, 5.74) is -2.61. The van der Waals surface area contributed by atoms with E-state index in [1.807, 2.05) is 0 Å². The standard InChI is InChI=1S/C26H30F6O3/c1-3-5-6-15-34-16-7-9-17(10-8-16)35-26(31,32)20-13-11-18(22(27)24(20)29)19-12-14-21(33-4-2)25(30)23(19)28/h11-14,16-17H,3-10,15H2,1-2H3. The van der Waals surface area contributed by atoms with Gasteiger partial charge in [0.25, 0.3) is 0 Å². The lowest BCUT2D eigenvalue weighted by Crippen LogP contribution is -2.32. The van der Waals surface area contributed by atoms with Crippen molar-refractivity contribution in [3.05, 3.63) is 53.1 Å². The first kappa shape index (κ1) is 27.3. The lowest BCUT2D eigenvalue weighted by atomic mass is 9.94. The highest BCUT2D eigenvalue weighted by atomic mass is 19.3. The zero-order chi connectivity index (χ0) is 25.6. The molecule has 0 spiro atoms. The van der Waals surface area contributed by atoms with E-state index in [2.05, 4.69) is 6.92 Å². The third kappa shape index (κ3) is 6.50. The first-order valence-corrected chi connectivity index (χ1v) is 12.0. The van der Waals surface area contributed by atoms with Crippen molar-refractivity contribution >= 4 is 0 Å². The van der Waals surface area contributed by atoms with Crippen LogP contribution in [-0.4, -0.2) is 25.4 Å². The van der Waals surface area contributed by atoms with Crippen molar-refractivity contribution in [2.24, 2.45) is 0 Å². The number of halogens is 6. The van der Waals surface area contributed by atoms with E-state index in [4.69, 9.17) is 14.2 Å². The van der Waals surface area contributed by atoms with Gasteiger partial charge < -0.3 is 14.2 Å². The van der Waals surface area contributed by atoms with Gasteiger partial charge in [0.15, 0.2) is 23.2 Å². The van der Waals surface area contributed by atoms with Gasteiger partial charge in [-0.25, -0.2) is 13.2 Å². The zero-order valence-electron chi connectivity index (χ0n) is 19.8. The second-order valence-electron chi connectivity index (χ2n) is 8.57. The molecule has 1 aliphatic rings. The Kier molecular flexibility index (Phi) is 9.47. The van der Waals surface area contributed by atoms with Crippen LogP contribution < -0.4 is 4.74 Å². The maximum Gasteiger partial charge on any atom is 0.386 e. The zero-order valence-corrected chi connectivity index (χ0v) is 19.8. The minimum Gasteiger partial charge on any atom is -0.491 e. The van der Waals surface area contributed by atoms with Gasteiger partial charge in [-0.2, -0.15) is 13.2 Å². The number of rotatable bonds is 11.